The number of hydrogen-bond acceptors (Lipinski definition) is 4. The number of fused-ring (bicyclic) bond motifs is 1. The molecule has 0 spiro atoms. The second-order valence-corrected chi connectivity index (χ2v) is 6.69. The molecule has 0 bridgehead atoms. The van der Waals surface area contributed by atoms with Crippen molar-refractivity contribution in [2.24, 2.45) is 11.1 Å². The van der Waals surface area contributed by atoms with Gasteiger partial charge in [0.15, 0.2) is 0 Å². The molecule has 3 rings (SSSR count). The van der Waals surface area contributed by atoms with Crippen LogP contribution < -0.4 is 16.0 Å². The normalized spacial score (nSPS) is 13.2. The molecule has 7 heteroatoms. The van der Waals surface area contributed by atoms with Crippen LogP contribution in [0.5, 0.6) is 0 Å². The molecule has 0 aromatic heterocycles. The fourth-order valence-electron chi connectivity index (χ4n) is 3.36. The Balaban J connectivity index is 0.00000280. The van der Waals surface area contributed by atoms with Gasteiger partial charge in [-0.25, -0.2) is 4.90 Å². The van der Waals surface area contributed by atoms with E-state index in [1.165, 1.54) is 0 Å². The van der Waals surface area contributed by atoms with E-state index in [1.54, 1.807) is 48.5 Å². The second kappa shape index (κ2) is 8.54. The Kier molecular flexibility index (Phi) is 6.59. The van der Waals surface area contributed by atoms with Crippen molar-refractivity contribution in [3.8, 4) is 0 Å². The van der Waals surface area contributed by atoms with E-state index in [0.29, 0.717) is 35.3 Å². The molecule has 2 aromatic rings. The van der Waals surface area contributed by atoms with Crippen molar-refractivity contribution in [1.82, 2.24) is 0 Å². The lowest BCUT2D eigenvalue weighted by atomic mass is 9.81. The second-order valence-electron chi connectivity index (χ2n) is 6.69. The molecule has 0 atom stereocenters. The molecule has 1 aliphatic heterocycles. The first kappa shape index (κ1) is 21.6. The molecular formula is C21H24ClN3O3. The van der Waals surface area contributed by atoms with E-state index in [9.17, 15) is 14.4 Å². The number of halogens is 1. The highest BCUT2D eigenvalue weighted by molar-refractivity contribution is 6.34. The zero-order valence-electron chi connectivity index (χ0n) is 15.9. The van der Waals surface area contributed by atoms with Gasteiger partial charge in [0.25, 0.3) is 11.8 Å². The summed E-state index contributed by atoms with van der Waals surface area (Å²) in [7, 11) is 0. The minimum atomic E-state index is -0.633. The summed E-state index contributed by atoms with van der Waals surface area (Å²) in [6.07, 6.45) is 1.26. The monoisotopic (exact) mass is 401 g/mol. The lowest BCUT2D eigenvalue weighted by Gasteiger charge is -2.28. The smallest absolute Gasteiger partial charge is 0.266 e. The lowest BCUT2D eigenvalue weighted by Crippen LogP contribution is -2.41. The van der Waals surface area contributed by atoms with Crippen LogP contribution in [0.15, 0.2) is 48.5 Å². The first-order valence-electron chi connectivity index (χ1n) is 9.07. The van der Waals surface area contributed by atoms with Crippen LogP contribution in [-0.2, 0) is 4.79 Å². The van der Waals surface area contributed by atoms with E-state index >= 15 is 0 Å². The number of nitrogens with two attached hydrogens (primary N) is 1. The van der Waals surface area contributed by atoms with Gasteiger partial charge in [-0.15, -0.1) is 12.4 Å². The van der Waals surface area contributed by atoms with Gasteiger partial charge < -0.3 is 11.1 Å². The predicted octanol–water partition coefficient (Wildman–Crippen LogP) is 3.61. The average Bonchev–Trinajstić information content (AvgIpc) is 2.95. The van der Waals surface area contributed by atoms with E-state index in [0.717, 1.165) is 4.90 Å². The molecule has 28 heavy (non-hydrogen) atoms. The Hall–Kier alpha value is -2.70. The quantitative estimate of drug-likeness (QED) is 0.723. The fourth-order valence-corrected chi connectivity index (χ4v) is 3.36. The Labute approximate surface area is 170 Å². The summed E-state index contributed by atoms with van der Waals surface area (Å²) in [4.78, 5) is 39.1. The highest BCUT2D eigenvalue weighted by atomic mass is 35.5. The van der Waals surface area contributed by atoms with Gasteiger partial charge in [0, 0.05) is 12.2 Å². The number of rotatable bonds is 6. The summed E-state index contributed by atoms with van der Waals surface area (Å²) in [6, 6.07) is 13.5. The molecule has 3 amide bonds. The lowest BCUT2D eigenvalue weighted by molar-refractivity contribution is -0.125. The largest absolute Gasteiger partial charge is 0.329 e. The van der Waals surface area contributed by atoms with Crippen LogP contribution in [0, 0.1) is 5.41 Å². The van der Waals surface area contributed by atoms with E-state index in [1.807, 2.05) is 13.8 Å². The van der Waals surface area contributed by atoms with Crippen LogP contribution in [0.2, 0.25) is 0 Å². The third-order valence-electron chi connectivity index (χ3n) is 5.38. The van der Waals surface area contributed by atoms with Gasteiger partial charge in [0.1, 0.15) is 0 Å². The number of carbonyl (C=O) groups excluding carboxylic acids is 3. The highest BCUT2D eigenvalue weighted by Gasteiger charge is 2.37. The van der Waals surface area contributed by atoms with Crippen molar-refractivity contribution in [3.05, 3.63) is 59.7 Å². The van der Waals surface area contributed by atoms with Crippen LogP contribution >= 0.6 is 12.4 Å². The Morgan fingerprint density at radius 1 is 1.00 bits per heavy atom. The van der Waals surface area contributed by atoms with E-state index in [4.69, 9.17) is 5.73 Å². The number of amides is 3. The van der Waals surface area contributed by atoms with E-state index in [-0.39, 0.29) is 36.7 Å². The predicted molar refractivity (Wildman–Crippen MR) is 112 cm³/mol. The maximum absolute atomic E-state index is 12.7. The first-order valence-corrected chi connectivity index (χ1v) is 9.07. The van der Waals surface area contributed by atoms with Crippen LogP contribution in [0.25, 0.3) is 0 Å². The maximum atomic E-state index is 12.7. The number of nitrogens with one attached hydrogen (secondary N) is 1. The number of nitrogens with zero attached hydrogens (tertiary/aromatic N) is 1. The van der Waals surface area contributed by atoms with Crippen molar-refractivity contribution >= 4 is 41.5 Å². The van der Waals surface area contributed by atoms with Gasteiger partial charge in [0.05, 0.1) is 22.2 Å². The van der Waals surface area contributed by atoms with Crippen molar-refractivity contribution in [3.63, 3.8) is 0 Å². The SMILES string of the molecule is CCC(CC)(CN)C(=O)Nc1cccc(N2C(=O)c3ccccc3C2=O)c1.Cl. The molecule has 0 aliphatic carbocycles. The summed E-state index contributed by atoms with van der Waals surface area (Å²) in [6.45, 7) is 4.13. The number of benzene rings is 2. The molecule has 1 heterocycles. The first-order chi connectivity index (χ1) is 13.0. The molecule has 6 nitrogen and oxygen atoms in total. The van der Waals surface area contributed by atoms with Gasteiger partial charge >= 0.3 is 0 Å². The van der Waals surface area contributed by atoms with Crippen molar-refractivity contribution in [2.45, 2.75) is 26.7 Å². The van der Waals surface area contributed by atoms with E-state index in [2.05, 4.69) is 5.32 Å². The van der Waals surface area contributed by atoms with Crippen molar-refractivity contribution in [1.29, 1.82) is 0 Å². The standard InChI is InChI=1S/C21H23N3O3.ClH/c1-3-21(4-2,13-22)20(27)23-14-8-7-9-15(12-14)24-18(25)16-10-5-6-11-17(16)19(24)26;/h5-12H,3-4,13,22H2,1-2H3,(H,23,27);1H. The molecule has 0 saturated carbocycles. The van der Waals surface area contributed by atoms with Crippen LogP contribution in [0.4, 0.5) is 11.4 Å². The summed E-state index contributed by atoms with van der Waals surface area (Å²) >= 11 is 0. The third kappa shape index (κ3) is 3.53. The van der Waals surface area contributed by atoms with Crippen molar-refractivity contribution < 1.29 is 14.4 Å². The molecule has 1 aliphatic rings. The molecule has 0 radical (unpaired) electrons. The molecule has 0 fully saturated rings. The van der Waals surface area contributed by atoms with Gasteiger partial charge in [0.2, 0.25) is 5.91 Å². The number of carbonyl (C=O) groups is 3. The number of imide groups is 1. The zero-order chi connectivity index (χ0) is 19.6. The number of anilines is 2. The Morgan fingerprint density at radius 2 is 1.57 bits per heavy atom. The molecule has 0 unspecified atom stereocenters. The fraction of sp³-hybridized carbons (Fsp3) is 0.286. The van der Waals surface area contributed by atoms with Gasteiger partial charge in [-0.1, -0.05) is 32.0 Å². The molecule has 148 valence electrons. The molecule has 2 aromatic carbocycles. The zero-order valence-corrected chi connectivity index (χ0v) is 16.7. The Bertz CT molecular complexity index is 866. The van der Waals surface area contributed by atoms with Crippen LogP contribution in [0.1, 0.15) is 47.4 Å². The maximum Gasteiger partial charge on any atom is 0.266 e. The highest BCUT2D eigenvalue weighted by Crippen LogP contribution is 2.31. The van der Waals surface area contributed by atoms with Crippen LogP contribution in [0.3, 0.4) is 0 Å². The van der Waals surface area contributed by atoms with Crippen molar-refractivity contribution in [2.75, 3.05) is 16.8 Å². The summed E-state index contributed by atoms with van der Waals surface area (Å²) in [5, 5.41) is 2.88. The molecule has 3 N–H and O–H groups in total. The minimum absolute atomic E-state index is 0. The molecule has 0 saturated heterocycles. The van der Waals surface area contributed by atoms with Gasteiger partial charge in [-0.05, 0) is 43.2 Å². The van der Waals surface area contributed by atoms with Gasteiger partial charge in [-0.3, -0.25) is 14.4 Å². The topological polar surface area (TPSA) is 92.5 Å². The Morgan fingerprint density at radius 3 is 2.07 bits per heavy atom. The summed E-state index contributed by atoms with van der Waals surface area (Å²) in [5.74, 6) is -0.885. The third-order valence-corrected chi connectivity index (χ3v) is 5.38. The minimum Gasteiger partial charge on any atom is -0.329 e. The molecular weight excluding hydrogens is 378 g/mol. The van der Waals surface area contributed by atoms with E-state index < -0.39 is 5.41 Å². The average molecular weight is 402 g/mol. The van der Waals surface area contributed by atoms with Crippen LogP contribution in [-0.4, -0.2) is 24.3 Å². The summed E-state index contributed by atoms with van der Waals surface area (Å²) < 4.78 is 0. The summed E-state index contributed by atoms with van der Waals surface area (Å²) in [5.41, 5.74) is 6.92. The number of hydrogen-bond donors (Lipinski definition) is 2. The van der Waals surface area contributed by atoms with Gasteiger partial charge in [-0.2, -0.15) is 0 Å².